The number of aliphatic hydroxyl groups is 1. The Kier molecular flexibility index (Phi) is 3.24. The van der Waals surface area contributed by atoms with E-state index < -0.39 is 11.0 Å². The number of ether oxygens (including phenoxy) is 2. The lowest BCUT2D eigenvalue weighted by Gasteiger charge is -2.63. The van der Waals surface area contributed by atoms with Crippen LogP contribution >= 0.6 is 0 Å². The van der Waals surface area contributed by atoms with E-state index in [9.17, 15) is 9.90 Å². The topological polar surface area (TPSA) is 71.0 Å². The Morgan fingerprint density at radius 2 is 2.23 bits per heavy atom. The van der Waals surface area contributed by atoms with Crippen LogP contribution in [0.15, 0.2) is 12.1 Å². The van der Waals surface area contributed by atoms with Gasteiger partial charge in [-0.1, -0.05) is 6.07 Å². The molecule has 0 aromatic heterocycles. The average molecular weight is 358 g/mol. The number of rotatable bonds is 2. The van der Waals surface area contributed by atoms with Crippen LogP contribution in [0.3, 0.4) is 0 Å². The van der Waals surface area contributed by atoms with Gasteiger partial charge in [-0.2, -0.15) is 0 Å². The molecule has 2 aliphatic heterocycles. The summed E-state index contributed by atoms with van der Waals surface area (Å²) in [6.45, 7) is 2.46. The van der Waals surface area contributed by atoms with Crippen LogP contribution in [0, 0.1) is 0 Å². The summed E-state index contributed by atoms with van der Waals surface area (Å²) in [6.07, 6.45) is 2.78. The summed E-state index contributed by atoms with van der Waals surface area (Å²) in [5, 5.41) is 15.1. The van der Waals surface area contributed by atoms with Crippen molar-refractivity contribution < 1.29 is 19.4 Å². The minimum Gasteiger partial charge on any atom is -0.493 e. The molecule has 5 rings (SSSR count). The Morgan fingerprint density at radius 3 is 2.96 bits per heavy atom. The Morgan fingerprint density at radius 1 is 1.42 bits per heavy atom. The molecule has 1 saturated heterocycles. The van der Waals surface area contributed by atoms with Gasteiger partial charge in [0, 0.05) is 18.5 Å². The fourth-order valence-corrected chi connectivity index (χ4v) is 6.31. The number of piperidine rings is 1. The van der Waals surface area contributed by atoms with Gasteiger partial charge < -0.3 is 24.8 Å². The highest BCUT2D eigenvalue weighted by atomic mass is 16.5. The molecule has 4 aliphatic rings. The zero-order valence-electron chi connectivity index (χ0n) is 15.5. The number of benzene rings is 1. The van der Waals surface area contributed by atoms with E-state index in [1.807, 2.05) is 6.07 Å². The van der Waals surface area contributed by atoms with Gasteiger partial charge in [0.05, 0.1) is 24.2 Å². The Balaban J connectivity index is 1.76. The Labute approximate surface area is 153 Å². The molecule has 6 nitrogen and oxygen atoms in total. The Bertz CT molecular complexity index is 796. The van der Waals surface area contributed by atoms with Crippen molar-refractivity contribution in [2.75, 3.05) is 20.7 Å². The highest BCUT2D eigenvalue weighted by molar-refractivity contribution is 5.73. The van der Waals surface area contributed by atoms with Gasteiger partial charge in [0.2, 0.25) is 5.91 Å². The van der Waals surface area contributed by atoms with Crippen molar-refractivity contribution >= 4 is 5.91 Å². The molecule has 2 bridgehead atoms. The maximum absolute atomic E-state index is 12.0. The van der Waals surface area contributed by atoms with Gasteiger partial charge in [-0.25, -0.2) is 0 Å². The molecular formula is C20H26N2O4. The minimum atomic E-state index is -0.843. The zero-order valence-corrected chi connectivity index (χ0v) is 15.5. The summed E-state index contributed by atoms with van der Waals surface area (Å²) in [7, 11) is 3.76. The summed E-state index contributed by atoms with van der Waals surface area (Å²) in [6, 6.07) is 4.07. The monoisotopic (exact) mass is 358 g/mol. The van der Waals surface area contributed by atoms with Crippen LogP contribution in [0.25, 0.3) is 0 Å². The number of carbonyl (C=O) groups excluding carboxylic acids is 1. The fourth-order valence-electron chi connectivity index (χ4n) is 6.31. The first-order valence-electron chi connectivity index (χ1n) is 9.49. The van der Waals surface area contributed by atoms with Gasteiger partial charge in [-0.15, -0.1) is 0 Å². The van der Waals surface area contributed by atoms with E-state index in [1.165, 1.54) is 5.56 Å². The maximum Gasteiger partial charge on any atom is 0.217 e. The molecule has 6 heteroatoms. The predicted molar refractivity (Wildman–Crippen MR) is 95.6 cm³/mol. The zero-order chi connectivity index (χ0) is 18.3. The van der Waals surface area contributed by atoms with Crippen LogP contribution in [-0.4, -0.2) is 60.4 Å². The molecule has 1 spiro atoms. The van der Waals surface area contributed by atoms with Crippen molar-refractivity contribution in [2.45, 2.75) is 61.8 Å². The quantitative estimate of drug-likeness (QED) is 0.825. The summed E-state index contributed by atoms with van der Waals surface area (Å²) >= 11 is 0. The van der Waals surface area contributed by atoms with Crippen molar-refractivity contribution in [2.24, 2.45) is 0 Å². The van der Waals surface area contributed by atoms with Crippen molar-refractivity contribution in [1.82, 2.24) is 10.2 Å². The minimum absolute atomic E-state index is 0.0520. The SMILES string of the molecule is COc1ccc2c3c1O[C@@H]1C(NC(C)=O)CC[C@]4(O)[C@H](C2)N(C)CC[C@@]314. The van der Waals surface area contributed by atoms with Crippen LogP contribution in [0.4, 0.5) is 0 Å². The number of likely N-dealkylation sites (tertiary alicyclic amines) is 1. The lowest BCUT2D eigenvalue weighted by atomic mass is 9.48. The third-order valence-electron chi connectivity index (χ3n) is 7.32. The molecule has 26 heavy (non-hydrogen) atoms. The number of likely N-dealkylation sites (N-methyl/N-ethyl adjacent to an activating group) is 1. The molecule has 2 aliphatic carbocycles. The first-order valence-corrected chi connectivity index (χ1v) is 9.49. The molecule has 140 valence electrons. The fraction of sp³-hybridized carbons (Fsp3) is 0.650. The smallest absolute Gasteiger partial charge is 0.217 e. The molecule has 1 amide bonds. The number of amides is 1. The summed E-state index contributed by atoms with van der Waals surface area (Å²) in [5.74, 6) is 1.44. The predicted octanol–water partition coefficient (Wildman–Crippen LogP) is 0.984. The second-order valence-electron chi connectivity index (χ2n) is 8.36. The Hall–Kier alpha value is -1.79. The lowest BCUT2D eigenvalue weighted by Crippen LogP contribution is -2.77. The number of methoxy groups -OCH3 is 1. The normalized spacial score (nSPS) is 39.8. The van der Waals surface area contributed by atoms with Crippen LogP contribution in [-0.2, 0) is 16.6 Å². The lowest BCUT2D eigenvalue weighted by molar-refractivity contribution is -0.187. The molecule has 1 aromatic carbocycles. The van der Waals surface area contributed by atoms with Crippen molar-refractivity contribution in [1.29, 1.82) is 0 Å². The van der Waals surface area contributed by atoms with Crippen molar-refractivity contribution in [3.8, 4) is 11.5 Å². The van der Waals surface area contributed by atoms with E-state index in [-0.39, 0.29) is 24.1 Å². The van der Waals surface area contributed by atoms with E-state index in [0.29, 0.717) is 12.2 Å². The van der Waals surface area contributed by atoms with Crippen LogP contribution in [0.5, 0.6) is 11.5 Å². The molecule has 0 radical (unpaired) electrons. The van der Waals surface area contributed by atoms with Crippen LogP contribution in [0.2, 0.25) is 0 Å². The summed E-state index contributed by atoms with van der Waals surface area (Å²) in [4.78, 5) is 14.1. The van der Waals surface area contributed by atoms with Gasteiger partial charge in [0.25, 0.3) is 0 Å². The van der Waals surface area contributed by atoms with Gasteiger partial charge in [-0.05, 0) is 50.9 Å². The van der Waals surface area contributed by atoms with Gasteiger partial charge in [0.15, 0.2) is 11.5 Å². The van der Waals surface area contributed by atoms with Gasteiger partial charge in [-0.3, -0.25) is 4.79 Å². The molecular weight excluding hydrogens is 332 g/mol. The highest BCUT2D eigenvalue weighted by Gasteiger charge is 2.72. The van der Waals surface area contributed by atoms with Gasteiger partial charge >= 0.3 is 0 Å². The first-order chi connectivity index (χ1) is 12.4. The number of hydrogen-bond donors (Lipinski definition) is 2. The van der Waals surface area contributed by atoms with E-state index in [4.69, 9.17) is 9.47 Å². The van der Waals surface area contributed by atoms with Crippen molar-refractivity contribution in [3.63, 3.8) is 0 Å². The van der Waals surface area contributed by atoms with E-state index >= 15 is 0 Å². The van der Waals surface area contributed by atoms with E-state index in [2.05, 4.69) is 23.3 Å². The number of hydrogen-bond acceptors (Lipinski definition) is 5. The van der Waals surface area contributed by atoms with E-state index in [1.54, 1.807) is 14.0 Å². The van der Waals surface area contributed by atoms with Crippen LogP contribution < -0.4 is 14.8 Å². The largest absolute Gasteiger partial charge is 0.493 e. The first kappa shape index (κ1) is 16.4. The van der Waals surface area contributed by atoms with Gasteiger partial charge in [0.1, 0.15) is 6.10 Å². The molecule has 2 fully saturated rings. The number of nitrogens with zero attached hydrogens (tertiary/aromatic N) is 1. The second-order valence-corrected chi connectivity index (χ2v) is 8.36. The van der Waals surface area contributed by atoms with E-state index in [0.717, 1.165) is 37.1 Å². The summed E-state index contributed by atoms with van der Waals surface area (Å²) < 4.78 is 12.1. The molecule has 1 unspecified atom stereocenters. The van der Waals surface area contributed by atoms with Crippen molar-refractivity contribution in [3.05, 3.63) is 23.3 Å². The number of nitrogens with one attached hydrogen (secondary N) is 1. The third-order valence-corrected chi connectivity index (χ3v) is 7.32. The standard InChI is InChI=1S/C20H26N2O4/c1-11(23)21-13-6-7-20(24)15-10-12-4-5-14(25-3)17-16(12)19(20,18(13)26-17)8-9-22(15)2/h4-5,13,15,18,24H,6-10H2,1-3H3,(H,21,23)/t13?,15-,18+,19+,20-/m0/s1. The summed E-state index contributed by atoms with van der Waals surface area (Å²) in [5.41, 5.74) is 1.05. The average Bonchev–Trinajstić information content (AvgIpc) is 2.95. The second kappa shape index (κ2) is 5.14. The molecule has 1 aromatic rings. The highest BCUT2D eigenvalue weighted by Crippen LogP contribution is 2.65. The van der Waals surface area contributed by atoms with Crippen LogP contribution in [0.1, 0.15) is 37.3 Å². The third kappa shape index (κ3) is 1.72. The maximum atomic E-state index is 12.0. The number of carbonyl (C=O) groups is 1. The molecule has 2 N–H and O–H groups in total. The molecule has 2 heterocycles. The molecule has 1 saturated carbocycles. The molecule has 5 atom stereocenters.